The molecule has 0 spiro atoms. The van der Waals surface area contributed by atoms with Gasteiger partial charge in [0.2, 0.25) is 5.82 Å². The molecule has 0 radical (unpaired) electrons. The Bertz CT molecular complexity index is 696. The van der Waals surface area contributed by atoms with Crippen molar-refractivity contribution in [3.63, 3.8) is 0 Å². The molecule has 0 aliphatic heterocycles. The molecule has 0 aliphatic rings. The fraction of sp³-hybridized carbons (Fsp3) is 0.167. The number of hydrogen-bond acceptors (Lipinski definition) is 5. The van der Waals surface area contributed by atoms with Gasteiger partial charge in [0.1, 0.15) is 9.98 Å². The Labute approximate surface area is 113 Å². The first-order chi connectivity index (χ1) is 8.78. The molecule has 3 aromatic heterocycles. The summed E-state index contributed by atoms with van der Waals surface area (Å²) in [5.41, 5.74) is 0. The summed E-state index contributed by atoms with van der Waals surface area (Å²) < 4.78 is 0. The first kappa shape index (κ1) is 11.5. The van der Waals surface area contributed by atoms with E-state index in [-0.39, 0.29) is 0 Å². The van der Waals surface area contributed by atoms with Crippen molar-refractivity contribution in [2.45, 2.75) is 13.3 Å². The average molecular weight is 277 g/mol. The number of nitrogens with zero attached hydrogens (tertiary/aromatic N) is 4. The second-order valence-electron chi connectivity index (χ2n) is 3.70. The van der Waals surface area contributed by atoms with Gasteiger partial charge in [-0.25, -0.2) is 19.9 Å². The highest BCUT2D eigenvalue weighted by Crippen LogP contribution is 2.30. The predicted molar refractivity (Wildman–Crippen MR) is 72.8 cm³/mol. The van der Waals surface area contributed by atoms with Crippen molar-refractivity contribution in [1.82, 2.24) is 19.9 Å². The highest BCUT2D eigenvalue weighted by atomic mass is 35.5. The van der Waals surface area contributed by atoms with Gasteiger partial charge in [0.25, 0.3) is 0 Å². The van der Waals surface area contributed by atoms with Crippen LogP contribution in [0.15, 0.2) is 24.5 Å². The Kier molecular flexibility index (Phi) is 2.93. The second-order valence-corrected chi connectivity index (χ2v) is 5.17. The molecule has 0 amide bonds. The van der Waals surface area contributed by atoms with Crippen molar-refractivity contribution in [2.75, 3.05) is 0 Å². The van der Waals surface area contributed by atoms with Crippen LogP contribution in [0.25, 0.3) is 21.9 Å². The van der Waals surface area contributed by atoms with Crippen LogP contribution in [0.5, 0.6) is 0 Å². The molecule has 0 N–H and O–H groups in total. The number of thiophene rings is 1. The topological polar surface area (TPSA) is 51.6 Å². The van der Waals surface area contributed by atoms with Crippen LogP contribution in [0.2, 0.25) is 5.15 Å². The van der Waals surface area contributed by atoms with E-state index in [1.807, 2.05) is 6.07 Å². The normalized spacial score (nSPS) is 11.0. The molecule has 0 saturated heterocycles. The number of aromatic nitrogens is 4. The number of halogens is 1. The number of hydrogen-bond donors (Lipinski definition) is 0. The average Bonchev–Trinajstić information content (AvgIpc) is 2.83. The summed E-state index contributed by atoms with van der Waals surface area (Å²) in [6.45, 7) is 2.10. The van der Waals surface area contributed by atoms with Gasteiger partial charge in [0.15, 0.2) is 5.82 Å². The molecular weight excluding hydrogens is 268 g/mol. The molecule has 6 heteroatoms. The summed E-state index contributed by atoms with van der Waals surface area (Å²) in [4.78, 5) is 19.1. The van der Waals surface area contributed by atoms with Gasteiger partial charge < -0.3 is 0 Å². The van der Waals surface area contributed by atoms with Crippen molar-refractivity contribution in [2.24, 2.45) is 0 Å². The molecule has 3 rings (SSSR count). The molecule has 18 heavy (non-hydrogen) atoms. The Morgan fingerprint density at radius 3 is 2.67 bits per heavy atom. The summed E-state index contributed by atoms with van der Waals surface area (Å²) >= 11 is 7.81. The summed E-state index contributed by atoms with van der Waals surface area (Å²) in [7, 11) is 0. The Balaban J connectivity index is 2.21. The molecule has 3 aromatic rings. The van der Waals surface area contributed by atoms with Crippen molar-refractivity contribution >= 4 is 33.2 Å². The van der Waals surface area contributed by atoms with Gasteiger partial charge in [0.05, 0.1) is 0 Å². The van der Waals surface area contributed by atoms with Gasteiger partial charge in [-0.2, -0.15) is 0 Å². The van der Waals surface area contributed by atoms with Gasteiger partial charge in [0, 0.05) is 22.7 Å². The van der Waals surface area contributed by atoms with E-state index in [2.05, 4.69) is 26.9 Å². The van der Waals surface area contributed by atoms with Crippen LogP contribution in [-0.4, -0.2) is 19.9 Å². The van der Waals surface area contributed by atoms with E-state index >= 15 is 0 Å². The Morgan fingerprint density at radius 1 is 1.17 bits per heavy atom. The highest BCUT2D eigenvalue weighted by Gasteiger charge is 2.12. The standard InChI is InChI=1S/C12H9ClN4S/c1-2-7-6-8-9(13)16-11(17-12(8)18-7)10-14-4-3-5-15-10/h3-6H,2H2,1H3. The lowest BCUT2D eigenvalue weighted by Crippen LogP contribution is -1.94. The number of fused-ring (bicyclic) bond motifs is 1. The third-order valence-corrected chi connectivity index (χ3v) is 3.97. The molecule has 0 bridgehead atoms. The summed E-state index contributed by atoms with van der Waals surface area (Å²) in [6, 6.07) is 3.79. The Hall–Kier alpha value is -1.59. The minimum Gasteiger partial charge on any atom is -0.234 e. The van der Waals surface area contributed by atoms with Gasteiger partial charge in [-0.05, 0) is 18.6 Å². The van der Waals surface area contributed by atoms with E-state index in [1.54, 1.807) is 29.8 Å². The molecule has 0 atom stereocenters. The minimum atomic E-state index is 0.457. The van der Waals surface area contributed by atoms with Crippen molar-refractivity contribution in [3.8, 4) is 11.6 Å². The molecule has 3 heterocycles. The Morgan fingerprint density at radius 2 is 1.94 bits per heavy atom. The zero-order valence-electron chi connectivity index (χ0n) is 9.59. The van der Waals surface area contributed by atoms with Crippen LogP contribution < -0.4 is 0 Å². The first-order valence-electron chi connectivity index (χ1n) is 5.51. The molecule has 0 saturated carbocycles. The SMILES string of the molecule is CCc1cc2c(Cl)nc(-c3ncccn3)nc2s1. The maximum Gasteiger partial charge on any atom is 0.200 e. The fourth-order valence-corrected chi connectivity index (χ4v) is 2.87. The zero-order valence-corrected chi connectivity index (χ0v) is 11.2. The molecule has 90 valence electrons. The number of rotatable bonds is 2. The van der Waals surface area contributed by atoms with E-state index in [9.17, 15) is 0 Å². The largest absolute Gasteiger partial charge is 0.234 e. The van der Waals surface area contributed by atoms with Gasteiger partial charge >= 0.3 is 0 Å². The molecule has 0 fully saturated rings. The molecule has 0 aromatic carbocycles. The van der Waals surface area contributed by atoms with Gasteiger partial charge in [-0.15, -0.1) is 11.3 Å². The van der Waals surface area contributed by atoms with E-state index in [1.165, 1.54) is 4.88 Å². The number of aryl methyl sites for hydroxylation is 1. The monoisotopic (exact) mass is 276 g/mol. The van der Waals surface area contributed by atoms with E-state index in [0.29, 0.717) is 16.8 Å². The summed E-state index contributed by atoms with van der Waals surface area (Å²) in [5, 5.41) is 1.36. The van der Waals surface area contributed by atoms with Crippen LogP contribution in [0.4, 0.5) is 0 Å². The summed E-state index contributed by atoms with van der Waals surface area (Å²) in [6.07, 6.45) is 4.29. The van der Waals surface area contributed by atoms with Crippen molar-refractivity contribution in [1.29, 1.82) is 0 Å². The van der Waals surface area contributed by atoms with Crippen LogP contribution >= 0.6 is 22.9 Å². The van der Waals surface area contributed by atoms with Crippen LogP contribution in [0.1, 0.15) is 11.8 Å². The smallest absolute Gasteiger partial charge is 0.200 e. The van der Waals surface area contributed by atoms with E-state index in [0.717, 1.165) is 16.6 Å². The predicted octanol–water partition coefficient (Wildman–Crippen LogP) is 3.36. The maximum absolute atomic E-state index is 6.18. The van der Waals surface area contributed by atoms with Crippen LogP contribution in [0.3, 0.4) is 0 Å². The van der Waals surface area contributed by atoms with Crippen LogP contribution in [-0.2, 0) is 6.42 Å². The van der Waals surface area contributed by atoms with E-state index in [4.69, 9.17) is 11.6 Å². The van der Waals surface area contributed by atoms with Crippen molar-refractivity contribution in [3.05, 3.63) is 34.6 Å². The third kappa shape index (κ3) is 1.95. The lowest BCUT2D eigenvalue weighted by molar-refractivity contribution is 1.10. The minimum absolute atomic E-state index is 0.457. The van der Waals surface area contributed by atoms with Crippen molar-refractivity contribution < 1.29 is 0 Å². The van der Waals surface area contributed by atoms with Gasteiger partial charge in [-0.1, -0.05) is 18.5 Å². The lowest BCUT2D eigenvalue weighted by Gasteiger charge is -1.99. The highest BCUT2D eigenvalue weighted by molar-refractivity contribution is 7.18. The van der Waals surface area contributed by atoms with E-state index < -0.39 is 0 Å². The van der Waals surface area contributed by atoms with Gasteiger partial charge in [-0.3, -0.25) is 0 Å². The molecule has 0 aliphatic carbocycles. The first-order valence-corrected chi connectivity index (χ1v) is 6.70. The zero-order chi connectivity index (χ0) is 12.5. The molecular formula is C12H9ClN4S. The molecule has 0 unspecified atom stereocenters. The maximum atomic E-state index is 6.18. The van der Waals surface area contributed by atoms with Crippen LogP contribution in [0, 0.1) is 0 Å². The quantitative estimate of drug-likeness (QED) is 0.674. The lowest BCUT2D eigenvalue weighted by atomic mass is 10.3. The fourth-order valence-electron chi connectivity index (χ4n) is 1.63. The summed E-state index contributed by atoms with van der Waals surface area (Å²) in [5.74, 6) is 0.963. The molecule has 4 nitrogen and oxygen atoms in total. The third-order valence-electron chi connectivity index (χ3n) is 2.51. The second kappa shape index (κ2) is 4.59.